The maximum absolute atomic E-state index is 12.1. The summed E-state index contributed by atoms with van der Waals surface area (Å²) in [6, 6.07) is 8.16. The fourth-order valence-corrected chi connectivity index (χ4v) is 2.08. The van der Waals surface area contributed by atoms with E-state index in [4.69, 9.17) is 23.2 Å². The summed E-state index contributed by atoms with van der Waals surface area (Å²) in [5, 5.41) is 0.868. The van der Waals surface area contributed by atoms with E-state index in [9.17, 15) is 9.59 Å². The maximum atomic E-state index is 12.1. The third-order valence-electron chi connectivity index (χ3n) is 2.76. The van der Waals surface area contributed by atoms with Gasteiger partial charge in [-0.25, -0.2) is 4.79 Å². The van der Waals surface area contributed by atoms with Crippen molar-refractivity contribution in [1.29, 1.82) is 0 Å². The van der Waals surface area contributed by atoms with Crippen LogP contribution < -0.4 is 5.56 Å². The lowest BCUT2D eigenvalue weighted by atomic mass is 10.2. The van der Waals surface area contributed by atoms with Crippen molar-refractivity contribution in [2.24, 2.45) is 0 Å². The van der Waals surface area contributed by atoms with Crippen molar-refractivity contribution in [2.45, 2.75) is 6.54 Å². The van der Waals surface area contributed by atoms with Gasteiger partial charge in [0.15, 0.2) is 0 Å². The second kappa shape index (κ2) is 6.11. The van der Waals surface area contributed by atoms with Crippen LogP contribution in [0.25, 0.3) is 0 Å². The molecule has 0 radical (unpaired) electrons. The molecular weight excluding hydrogens is 301 g/mol. The highest BCUT2D eigenvalue weighted by atomic mass is 35.5. The zero-order valence-electron chi connectivity index (χ0n) is 10.6. The van der Waals surface area contributed by atoms with Gasteiger partial charge in [-0.1, -0.05) is 29.3 Å². The highest BCUT2D eigenvalue weighted by molar-refractivity contribution is 6.42. The molecule has 0 unspecified atom stereocenters. The van der Waals surface area contributed by atoms with Crippen LogP contribution in [0.2, 0.25) is 10.0 Å². The number of methoxy groups -OCH3 is 1. The van der Waals surface area contributed by atoms with Crippen molar-refractivity contribution in [3.8, 4) is 0 Å². The normalized spacial score (nSPS) is 10.3. The van der Waals surface area contributed by atoms with E-state index in [-0.39, 0.29) is 5.56 Å². The SMILES string of the molecule is COC(=O)c1cccn(Cc2ccc(Cl)c(Cl)c2)c1=O. The van der Waals surface area contributed by atoms with Gasteiger partial charge in [0.25, 0.3) is 5.56 Å². The number of nitrogens with zero attached hydrogens (tertiary/aromatic N) is 1. The molecule has 20 heavy (non-hydrogen) atoms. The molecule has 104 valence electrons. The van der Waals surface area contributed by atoms with Crippen molar-refractivity contribution in [3.05, 3.63) is 68.1 Å². The second-order valence-corrected chi connectivity index (χ2v) is 4.91. The first kappa shape index (κ1) is 14.6. The maximum Gasteiger partial charge on any atom is 0.343 e. The molecule has 0 N–H and O–H groups in total. The minimum Gasteiger partial charge on any atom is -0.465 e. The first-order valence-electron chi connectivity index (χ1n) is 5.74. The number of carbonyl (C=O) groups excluding carboxylic acids is 1. The highest BCUT2D eigenvalue weighted by Gasteiger charge is 2.12. The molecule has 2 aromatic rings. The van der Waals surface area contributed by atoms with Crippen molar-refractivity contribution in [1.82, 2.24) is 4.57 Å². The Kier molecular flexibility index (Phi) is 4.47. The summed E-state index contributed by atoms with van der Waals surface area (Å²) >= 11 is 11.8. The van der Waals surface area contributed by atoms with Crippen LogP contribution in [0.3, 0.4) is 0 Å². The molecule has 2 rings (SSSR count). The van der Waals surface area contributed by atoms with Gasteiger partial charge in [0, 0.05) is 6.20 Å². The third kappa shape index (κ3) is 3.03. The average Bonchev–Trinajstić information content (AvgIpc) is 2.44. The van der Waals surface area contributed by atoms with Gasteiger partial charge in [0.2, 0.25) is 0 Å². The van der Waals surface area contributed by atoms with E-state index in [1.165, 1.54) is 17.7 Å². The first-order chi connectivity index (χ1) is 9.52. The summed E-state index contributed by atoms with van der Waals surface area (Å²) in [6.07, 6.45) is 1.59. The Morgan fingerprint density at radius 2 is 2.00 bits per heavy atom. The van der Waals surface area contributed by atoms with Gasteiger partial charge in [-0.2, -0.15) is 0 Å². The van der Waals surface area contributed by atoms with Crippen LogP contribution in [0.15, 0.2) is 41.3 Å². The molecule has 1 aromatic heterocycles. The molecule has 6 heteroatoms. The molecule has 0 aliphatic rings. The largest absolute Gasteiger partial charge is 0.465 e. The van der Waals surface area contributed by atoms with Gasteiger partial charge < -0.3 is 9.30 Å². The number of ether oxygens (including phenoxy) is 1. The molecule has 0 atom stereocenters. The number of benzene rings is 1. The number of halogens is 2. The Bertz CT molecular complexity index is 710. The zero-order chi connectivity index (χ0) is 14.7. The first-order valence-corrected chi connectivity index (χ1v) is 6.50. The molecule has 0 spiro atoms. The number of pyridine rings is 1. The molecule has 0 saturated carbocycles. The summed E-state index contributed by atoms with van der Waals surface area (Å²) in [7, 11) is 1.23. The molecule has 0 bridgehead atoms. The Balaban J connectivity index is 2.37. The van der Waals surface area contributed by atoms with Gasteiger partial charge in [0.05, 0.1) is 23.7 Å². The zero-order valence-corrected chi connectivity index (χ0v) is 12.1. The van der Waals surface area contributed by atoms with Crippen molar-refractivity contribution < 1.29 is 9.53 Å². The van der Waals surface area contributed by atoms with E-state index in [1.54, 1.807) is 30.5 Å². The van der Waals surface area contributed by atoms with Gasteiger partial charge in [-0.3, -0.25) is 4.79 Å². The molecular formula is C14H11Cl2NO3. The molecule has 1 aromatic carbocycles. The van der Waals surface area contributed by atoms with Gasteiger partial charge in [-0.05, 0) is 29.8 Å². The Morgan fingerprint density at radius 1 is 1.25 bits per heavy atom. The predicted molar refractivity (Wildman–Crippen MR) is 77.6 cm³/mol. The van der Waals surface area contributed by atoms with Crippen molar-refractivity contribution >= 4 is 29.2 Å². The van der Waals surface area contributed by atoms with Gasteiger partial charge >= 0.3 is 5.97 Å². The number of esters is 1. The highest BCUT2D eigenvalue weighted by Crippen LogP contribution is 2.22. The van der Waals surface area contributed by atoms with E-state index in [0.717, 1.165) is 5.56 Å². The van der Waals surface area contributed by atoms with Crippen LogP contribution in [-0.2, 0) is 11.3 Å². The summed E-state index contributed by atoms with van der Waals surface area (Å²) < 4.78 is 5.97. The van der Waals surface area contributed by atoms with Crippen LogP contribution in [-0.4, -0.2) is 17.6 Å². The summed E-state index contributed by atoms with van der Waals surface area (Å²) in [6.45, 7) is 0.292. The number of aromatic nitrogens is 1. The van der Waals surface area contributed by atoms with Gasteiger partial charge in [-0.15, -0.1) is 0 Å². The monoisotopic (exact) mass is 311 g/mol. The molecule has 4 nitrogen and oxygen atoms in total. The summed E-state index contributed by atoms with van der Waals surface area (Å²) in [5.74, 6) is -0.654. The van der Waals surface area contributed by atoms with Crippen LogP contribution in [0.1, 0.15) is 15.9 Å². The number of carbonyl (C=O) groups is 1. The number of hydrogen-bond acceptors (Lipinski definition) is 3. The summed E-state index contributed by atoms with van der Waals surface area (Å²) in [4.78, 5) is 23.6. The quantitative estimate of drug-likeness (QED) is 0.819. The van der Waals surface area contributed by atoms with E-state index < -0.39 is 11.5 Å². The molecule has 0 aliphatic heterocycles. The van der Waals surface area contributed by atoms with Crippen molar-refractivity contribution in [3.63, 3.8) is 0 Å². The lowest BCUT2D eigenvalue weighted by Gasteiger charge is -2.08. The third-order valence-corrected chi connectivity index (χ3v) is 3.50. The smallest absolute Gasteiger partial charge is 0.343 e. The van der Waals surface area contributed by atoms with E-state index in [0.29, 0.717) is 16.6 Å². The minimum atomic E-state index is -0.654. The molecule has 1 heterocycles. The lowest BCUT2D eigenvalue weighted by molar-refractivity contribution is 0.0598. The predicted octanol–water partition coefficient (Wildman–Crippen LogP) is 2.99. The molecule has 0 aliphatic carbocycles. The second-order valence-electron chi connectivity index (χ2n) is 4.09. The fourth-order valence-electron chi connectivity index (χ4n) is 1.76. The molecule has 0 amide bonds. The number of rotatable bonds is 3. The molecule has 0 saturated heterocycles. The fraction of sp³-hybridized carbons (Fsp3) is 0.143. The standard InChI is InChI=1S/C14H11Cl2NO3/c1-20-14(19)10-3-2-6-17(13(10)18)8-9-4-5-11(15)12(16)7-9/h2-7H,8H2,1H3. The van der Waals surface area contributed by atoms with Crippen LogP contribution in [0, 0.1) is 0 Å². The van der Waals surface area contributed by atoms with Crippen LogP contribution >= 0.6 is 23.2 Å². The topological polar surface area (TPSA) is 48.3 Å². The van der Waals surface area contributed by atoms with E-state index in [2.05, 4.69) is 4.74 Å². The lowest BCUT2D eigenvalue weighted by Crippen LogP contribution is -2.26. The van der Waals surface area contributed by atoms with Crippen molar-refractivity contribution in [2.75, 3.05) is 7.11 Å². The van der Waals surface area contributed by atoms with Crippen LogP contribution in [0.4, 0.5) is 0 Å². The Morgan fingerprint density at radius 3 is 2.65 bits per heavy atom. The Hall–Kier alpha value is -1.78. The molecule has 0 fully saturated rings. The summed E-state index contributed by atoms with van der Waals surface area (Å²) in [5.41, 5.74) is 0.393. The van der Waals surface area contributed by atoms with E-state index in [1.807, 2.05) is 0 Å². The van der Waals surface area contributed by atoms with E-state index >= 15 is 0 Å². The number of hydrogen-bond donors (Lipinski definition) is 0. The Labute approximate surface area is 125 Å². The van der Waals surface area contributed by atoms with Crippen LogP contribution in [0.5, 0.6) is 0 Å². The average molecular weight is 312 g/mol. The minimum absolute atomic E-state index is 0.00457. The van der Waals surface area contributed by atoms with Gasteiger partial charge in [0.1, 0.15) is 5.56 Å².